The van der Waals surface area contributed by atoms with Gasteiger partial charge in [-0.05, 0) is 18.6 Å². The van der Waals surface area contributed by atoms with Crippen molar-refractivity contribution in [1.82, 2.24) is 10.3 Å². The van der Waals surface area contributed by atoms with Crippen molar-refractivity contribution in [2.45, 2.75) is 26.2 Å². The first-order valence-electron chi connectivity index (χ1n) is 6.44. The second-order valence-electron chi connectivity index (χ2n) is 5.32. The van der Waals surface area contributed by atoms with Crippen LogP contribution >= 0.6 is 0 Å². The molecule has 0 radical (unpaired) electrons. The van der Waals surface area contributed by atoms with E-state index < -0.39 is 11.9 Å². The molecule has 0 saturated carbocycles. The summed E-state index contributed by atoms with van der Waals surface area (Å²) in [6.45, 7) is 6.55. The molecule has 3 N–H and O–H groups in total. The predicted octanol–water partition coefficient (Wildman–Crippen LogP) is 1.50. The number of aliphatic carboxylic acids is 1. The highest BCUT2D eigenvalue weighted by Gasteiger charge is 2.32. The summed E-state index contributed by atoms with van der Waals surface area (Å²) in [6, 6.07) is 1.68. The van der Waals surface area contributed by atoms with Crippen LogP contribution in [0.5, 0.6) is 0 Å². The first-order valence-corrected chi connectivity index (χ1v) is 6.44. The number of aromatic nitrogens is 1. The van der Waals surface area contributed by atoms with Gasteiger partial charge >= 0.3 is 11.9 Å². The highest BCUT2D eigenvalue weighted by molar-refractivity contribution is 6.15. The fourth-order valence-electron chi connectivity index (χ4n) is 2.26. The molecule has 6 heteroatoms. The number of aromatic amines is 1. The Morgan fingerprint density at radius 3 is 2.75 bits per heavy atom. The van der Waals surface area contributed by atoms with E-state index in [1.807, 2.05) is 13.8 Å². The predicted molar refractivity (Wildman–Crippen MR) is 73.4 cm³/mol. The standard InChI is InChI=1S/C14H18N2O4/c1-4-20-13(19)10-5-9-11(16-10)8(12(17)18)6-15-7-14(9,2)3/h5-6,15-16H,4,7H2,1-3H3,(H,17,18). The molecule has 0 spiro atoms. The number of carbonyl (C=O) groups excluding carboxylic acids is 1. The van der Waals surface area contributed by atoms with Crippen molar-refractivity contribution in [2.24, 2.45) is 0 Å². The Labute approximate surface area is 116 Å². The molecule has 1 aromatic rings. The van der Waals surface area contributed by atoms with Gasteiger partial charge in [0.05, 0.1) is 17.9 Å². The molecule has 1 aliphatic rings. The number of carboxylic acid groups (broad SMARTS) is 1. The SMILES string of the molecule is CCOC(=O)c1cc2c([nH]1)C(C(=O)O)=CNCC2(C)C. The van der Waals surface area contributed by atoms with Crippen molar-refractivity contribution in [1.29, 1.82) is 0 Å². The van der Waals surface area contributed by atoms with Crippen LogP contribution in [-0.2, 0) is 14.9 Å². The van der Waals surface area contributed by atoms with E-state index in [-0.39, 0.29) is 23.3 Å². The van der Waals surface area contributed by atoms with Gasteiger partial charge < -0.3 is 20.1 Å². The van der Waals surface area contributed by atoms with Crippen LogP contribution < -0.4 is 5.32 Å². The van der Waals surface area contributed by atoms with Gasteiger partial charge in [-0.3, -0.25) is 0 Å². The van der Waals surface area contributed by atoms with Crippen molar-refractivity contribution in [2.75, 3.05) is 13.2 Å². The van der Waals surface area contributed by atoms with Gasteiger partial charge in [-0.15, -0.1) is 0 Å². The number of carbonyl (C=O) groups is 2. The molecule has 0 bridgehead atoms. The molecule has 0 aromatic carbocycles. The normalized spacial score (nSPS) is 16.4. The first-order chi connectivity index (χ1) is 9.36. The Hall–Kier alpha value is -2.24. The van der Waals surface area contributed by atoms with E-state index in [0.29, 0.717) is 12.2 Å². The second kappa shape index (κ2) is 5.03. The summed E-state index contributed by atoms with van der Waals surface area (Å²) in [7, 11) is 0. The van der Waals surface area contributed by atoms with Crippen molar-refractivity contribution >= 4 is 17.5 Å². The fourth-order valence-corrected chi connectivity index (χ4v) is 2.26. The summed E-state index contributed by atoms with van der Waals surface area (Å²) >= 11 is 0. The number of hydrogen-bond acceptors (Lipinski definition) is 4. The number of carboxylic acids is 1. The Morgan fingerprint density at radius 2 is 2.15 bits per heavy atom. The van der Waals surface area contributed by atoms with E-state index in [4.69, 9.17) is 4.74 Å². The number of hydrogen-bond donors (Lipinski definition) is 3. The van der Waals surface area contributed by atoms with Crippen LogP contribution in [0.3, 0.4) is 0 Å². The summed E-state index contributed by atoms with van der Waals surface area (Å²) in [5.74, 6) is -1.53. The Morgan fingerprint density at radius 1 is 1.45 bits per heavy atom. The number of nitrogens with one attached hydrogen (secondary N) is 2. The zero-order valence-electron chi connectivity index (χ0n) is 11.7. The molecular weight excluding hydrogens is 260 g/mol. The number of rotatable bonds is 3. The quantitative estimate of drug-likeness (QED) is 0.729. The third kappa shape index (κ3) is 2.41. The fraction of sp³-hybridized carbons (Fsp3) is 0.429. The molecule has 6 nitrogen and oxygen atoms in total. The third-order valence-electron chi connectivity index (χ3n) is 3.33. The average molecular weight is 278 g/mol. The maximum absolute atomic E-state index is 11.8. The van der Waals surface area contributed by atoms with Gasteiger partial charge in [0.25, 0.3) is 0 Å². The maximum Gasteiger partial charge on any atom is 0.354 e. The van der Waals surface area contributed by atoms with Gasteiger partial charge in [-0.1, -0.05) is 13.8 Å². The molecule has 0 aliphatic carbocycles. The van der Waals surface area contributed by atoms with Crippen molar-refractivity contribution in [3.8, 4) is 0 Å². The van der Waals surface area contributed by atoms with E-state index in [1.165, 1.54) is 6.20 Å². The molecule has 0 fully saturated rings. The lowest BCUT2D eigenvalue weighted by Gasteiger charge is -2.23. The summed E-state index contributed by atoms with van der Waals surface area (Å²) in [6.07, 6.45) is 1.46. The zero-order valence-corrected chi connectivity index (χ0v) is 11.7. The first kappa shape index (κ1) is 14.2. The van der Waals surface area contributed by atoms with Crippen molar-refractivity contribution in [3.05, 3.63) is 29.2 Å². The number of fused-ring (bicyclic) bond motifs is 1. The minimum absolute atomic E-state index is 0.112. The van der Waals surface area contributed by atoms with E-state index in [0.717, 1.165) is 5.56 Å². The van der Waals surface area contributed by atoms with Crippen LogP contribution in [0.2, 0.25) is 0 Å². The minimum Gasteiger partial charge on any atom is -0.478 e. The molecule has 0 amide bonds. The van der Waals surface area contributed by atoms with Crippen LogP contribution in [0.1, 0.15) is 42.5 Å². The topological polar surface area (TPSA) is 91.4 Å². The Balaban J connectivity index is 2.55. The molecule has 0 atom stereocenters. The van der Waals surface area contributed by atoms with Crippen LogP contribution in [0.4, 0.5) is 0 Å². The lowest BCUT2D eigenvalue weighted by molar-refractivity contribution is -0.130. The van der Waals surface area contributed by atoms with Crippen molar-refractivity contribution in [3.63, 3.8) is 0 Å². The molecule has 20 heavy (non-hydrogen) atoms. The molecule has 2 heterocycles. The molecular formula is C14H18N2O4. The summed E-state index contributed by atoms with van der Waals surface area (Å²) in [5, 5.41) is 12.3. The number of esters is 1. The summed E-state index contributed by atoms with van der Waals surface area (Å²) < 4.78 is 4.95. The molecule has 1 aliphatic heterocycles. The third-order valence-corrected chi connectivity index (χ3v) is 3.33. The molecule has 0 unspecified atom stereocenters. The van der Waals surface area contributed by atoms with Crippen LogP contribution in [0, 0.1) is 0 Å². The van der Waals surface area contributed by atoms with Crippen LogP contribution in [0.25, 0.3) is 5.57 Å². The molecule has 108 valence electrons. The highest BCUT2D eigenvalue weighted by Crippen LogP contribution is 2.33. The van der Waals surface area contributed by atoms with Gasteiger partial charge in [0.2, 0.25) is 0 Å². The Kier molecular flexibility index (Phi) is 3.57. The van der Waals surface area contributed by atoms with Crippen LogP contribution in [-0.4, -0.2) is 35.2 Å². The van der Waals surface area contributed by atoms with Gasteiger partial charge in [-0.25, -0.2) is 9.59 Å². The van der Waals surface area contributed by atoms with E-state index >= 15 is 0 Å². The minimum atomic E-state index is -1.05. The smallest absolute Gasteiger partial charge is 0.354 e. The summed E-state index contributed by atoms with van der Waals surface area (Å²) in [5.41, 5.74) is 1.33. The number of ether oxygens (including phenoxy) is 1. The van der Waals surface area contributed by atoms with Gasteiger partial charge in [-0.2, -0.15) is 0 Å². The molecule has 0 saturated heterocycles. The van der Waals surface area contributed by atoms with Gasteiger partial charge in [0.1, 0.15) is 5.69 Å². The largest absolute Gasteiger partial charge is 0.478 e. The maximum atomic E-state index is 11.8. The van der Waals surface area contributed by atoms with E-state index in [2.05, 4.69) is 10.3 Å². The lowest BCUT2D eigenvalue weighted by atomic mass is 9.84. The number of H-pyrrole nitrogens is 1. The van der Waals surface area contributed by atoms with Gasteiger partial charge in [0.15, 0.2) is 0 Å². The summed E-state index contributed by atoms with van der Waals surface area (Å²) in [4.78, 5) is 26.0. The van der Waals surface area contributed by atoms with Gasteiger partial charge in [0, 0.05) is 18.2 Å². The van der Waals surface area contributed by atoms with Crippen LogP contribution in [0.15, 0.2) is 12.3 Å². The monoisotopic (exact) mass is 278 g/mol. The molecule has 2 rings (SSSR count). The highest BCUT2D eigenvalue weighted by atomic mass is 16.5. The van der Waals surface area contributed by atoms with Crippen molar-refractivity contribution < 1.29 is 19.4 Å². The Bertz CT molecular complexity index is 584. The van der Waals surface area contributed by atoms with E-state index in [9.17, 15) is 14.7 Å². The molecule has 1 aromatic heterocycles. The lowest BCUT2D eigenvalue weighted by Crippen LogP contribution is -2.29. The average Bonchev–Trinajstić information content (AvgIpc) is 2.75. The van der Waals surface area contributed by atoms with E-state index in [1.54, 1.807) is 13.0 Å². The second-order valence-corrected chi connectivity index (χ2v) is 5.32. The zero-order chi connectivity index (χ0) is 14.9.